The standard InChI is InChI=1S/C15H13F4N3OS/c16-11-5-9(15(17,18)19)2-1-8(11)6-22-4-3-10-12(7-22)20-14(24)21-13(10)23/h1-2,5H,3-4,6-7H2,(H2,20,21,23,24). The first-order valence-corrected chi connectivity index (χ1v) is 7.57. The van der Waals surface area contributed by atoms with E-state index in [0.717, 1.165) is 12.1 Å². The number of halogens is 4. The Balaban J connectivity index is 1.81. The minimum Gasteiger partial charge on any atom is -0.334 e. The van der Waals surface area contributed by atoms with Gasteiger partial charge in [-0.05, 0) is 30.8 Å². The second-order valence-electron chi connectivity index (χ2n) is 5.63. The molecule has 128 valence electrons. The fourth-order valence-corrected chi connectivity index (χ4v) is 2.97. The molecule has 0 unspecified atom stereocenters. The van der Waals surface area contributed by atoms with Crippen molar-refractivity contribution in [2.45, 2.75) is 25.7 Å². The summed E-state index contributed by atoms with van der Waals surface area (Å²) in [5.41, 5.74) is 0.183. The average molecular weight is 359 g/mol. The Labute approximate surface area is 139 Å². The fraction of sp³-hybridized carbons (Fsp3) is 0.333. The topological polar surface area (TPSA) is 51.9 Å². The predicted molar refractivity (Wildman–Crippen MR) is 81.5 cm³/mol. The Morgan fingerprint density at radius 3 is 2.67 bits per heavy atom. The summed E-state index contributed by atoms with van der Waals surface area (Å²) < 4.78 is 51.9. The first-order valence-electron chi connectivity index (χ1n) is 7.16. The van der Waals surface area contributed by atoms with E-state index in [-0.39, 0.29) is 22.4 Å². The van der Waals surface area contributed by atoms with Crippen LogP contribution in [0, 0.1) is 10.6 Å². The van der Waals surface area contributed by atoms with Crippen molar-refractivity contribution in [3.05, 3.63) is 61.5 Å². The lowest BCUT2D eigenvalue weighted by atomic mass is 10.0. The van der Waals surface area contributed by atoms with Gasteiger partial charge in [-0.15, -0.1) is 0 Å². The van der Waals surface area contributed by atoms with E-state index in [4.69, 9.17) is 12.2 Å². The monoisotopic (exact) mass is 359 g/mol. The van der Waals surface area contributed by atoms with Crippen molar-refractivity contribution in [1.29, 1.82) is 0 Å². The van der Waals surface area contributed by atoms with E-state index in [2.05, 4.69) is 9.97 Å². The van der Waals surface area contributed by atoms with Gasteiger partial charge in [-0.2, -0.15) is 13.2 Å². The number of nitrogens with zero attached hydrogens (tertiary/aromatic N) is 1. The molecule has 4 nitrogen and oxygen atoms in total. The zero-order valence-electron chi connectivity index (χ0n) is 12.3. The highest BCUT2D eigenvalue weighted by molar-refractivity contribution is 7.71. The Morgan fingerprint density at radius 2 is 2.00 bits per heavy atom. The first-order chi connectivity index (χ1) is 11.2. The van der Waals surface area contributed by atoms with Crippen LogP contribution in [0.5, 0.6) is 0 Å². The number of rotatable bonds is 2. The van der Waals surface area contributed by atoms with Gasteiger partial charge in [-0.25, -0.2) is 4.39 Å². The van der Waals surface area contributed by atoms with Gasteiger partial charge >= 0.3 is 6.18 Å². The van der Waals surface area contributed by atoms with Crippen molar-refractivity contribution in [1.82, 2.24) is 14.9 Å². The molecule has 2 aromatic rings. The molecule has 3 rings (SSSR count). The molecular formula is C15H13F4N3OS. The van der Waals surface area contributed by atoms with Gasteiger partial charge in [0.2, 0.25) is 0 Å². The Bertz CT molecular complexity index is 888. The minimum atomic E-state index is -4.57. The van der Waals surface area contributed by atoms with Crippen molar-refractivity contribution >= 4 is 12.2 Å². The maximum absolute atomic E-state index is 14.0. The summed E-state index contributed by atoms with van der Waals surface area (Å²) in [5, 5.41) is 0. The molecule has 0 bridgehead atoms. The second-order valence-corrected chi connectivity index (χ2v) is 6.04. The van der Waals surface area contributed by atoms with Gasteiger partial charge in [-0.3, -0.25) is 14.7 Å². The molecule has 0 saturated heterocycles. The van der Waals surface area contributed by atoms with E-state index in [0.29, 0.717) is 36.8 Å². The molecule has 24 heavy (non-hydrogen) atoms. The lowest BCUT2D eigenvalue weighted by Gasteiger charge is -2.28. The number of benzene rings is 1. The largest absolute Gasteiger partial charge is 0.416 e. The summed E-state index contributed by atoms with van der Waals surface area (Å²) in [6.45, 7) is 1.00. The fourth-order valence-electron chi connectivity index (χ4n) is 2.76. The van der Waals surface area contributed by atoms with Gasteiger partial charge in [0.05, 0.1) is 5.56 Å². The van der Waals surface area contributed by atoms with E-state index < -0.39 is 17.6 Å². The van der Waals surface area contributed by atoms with Crippen molar-refractivity contribution in [2.24, 2.45) is 0 Å². The third-order valence-corrected chi connectivity index (χ3v) is 4.17. The smallest absolute Gasteiger partial charge is 0.334 e. The van der Waals surface area contributed by atoms with Crippen LogP contribution in [-0.2, 0) is 25.7 Å². The van der Waals surface area contributed by atoms with Crippen LogP contribution in [0.15, 0.2) is 23.0 Å². The lowest BCUT2D eigenvalue weighted by molar-refractivity contribution is -0.137. The number of alkyl halides is 3. The number of nitrogens with one attached hydrogen (secondary N) is 2. The van der Waals surface area contributed by atoms with Crippen LogP contribution < -0.4 is 5.56 Å². The molecule has 1 aliphatic heterocycles. The normalized spacial score (nSPS) is 15.3. The maximum Gasteiger partial charge on any atom is 0.416 e. The Morgan fingerprint density at radius 1 is 1.25 bits per heavy atom. The van der Waals surface area contributed by atoms with E-state index in [1.54, 1.807) is 0 Å². The molecule has 1 aliphatic rings. The van der Waals surface area contributed by atoms with Crippen LogP contribution in [0.3, 0.4) is 0 Å². The summed E-state index contributed by atoms with van der Waals surface area (Å²) in [7, 11) is 0. The van der Waals surface area contributed by atoms with Crippen LogP contribution in [-0.4, -0.2) is 21.4 Å². The van der Waals surface area contributed by atoms with E-state index in [9.17, 15) is 22.4 Å². The van der Waals surface area contributed by atoms with Gasteiger partial charge in [0.25, 0.3) is 5.56 Å². The SMILES string of the molecule is O=c1[nH]c(=S)[nH]c2c1CCN(Cc1ccc(C(F)(F)F)cc1F)C2. The third kappa shape index (κ3) is 3.41. The number of aromatic nitrogens is 2. The zero-order chi connectivity index (χ0) is 17.5. The number of H-pyrrole nitrogens is 2. The summed E-state index contributed by atoms with van der Waals surface area (Å²) in [4.78, 5) is 19.1. The molecule has 9 heteroatoms. The molecule has 2 heterocycles. The summed E-state index contributed by atoms with van der Waals surface area (Å²) in [5.74, 6) is -0.894. The van der Waals surface area contributed by atoms with Gasteiger partial charge in [0.1, 0.15) is 5.82 Å². The summed E-state index contributed by atoms with van der Waals surface area (Å²) in [6.07, 6.45) is -4.11. The summed E-state index contributed by atoms with van der Waals surface area (Å²) >= 11 is 4.93. The summed E-state index contributed by atoms with van der Waals surface area (Å²) in [6, 6.07) is 2.52. The van der Waals surface area contributed by atoms with E-state index in [1.807, 2.05) is 4.90 Å². The Hall–Kier alpha value is -2.00. The molecule has 0 radical (unpaired) electrons. The second kappa shape index (κ2) is 6.14. The van der Waals surface area contributed by atoms with Crippen LogP contribution in [0.2, 0.25) is 0 Å². The number of fused-ring (bicyclic) bond motifs is 1. The quantitative estimate of drug-likeness (QED) is 0.640. The molecule has 0 fully saturated rings. The molecular weight excluding hydrogens is 346 g/mol. The molecule has 0 amide bonds. The molecule has 0 atom stereocenters. The Kier molecular flexibility index (Phi) is 4.31. The third-order valence-electron chi connectivity index (χ3n) is 3.96. The molecule has 0 spiro atoms. The first kappa shape index (κ1) is 16.8. The van der Waals surface area contributed by atoms with Crippen LogP contribution in [0.25, 0.3) is 0 Å². The van der Waals surface area contributed by atoms with Gasteiger partial charge < -0.3 is 4.98 Å². The van der Waals surface area contributed by atoms with Gasteiger partial charge in [-0.1, -0.05) is 6.07 Å². The molecule has 2 N–H and O–H groups in total. The van der Waals surface area contributed by atoms with Crippen molar-refractivity contribution in [2.75, 3.05) is 6.54 Å². The van der Waals surface area contributed by atoms with Crippen LogP contribution in [0.4, 0.5) is 17.6 Å². The average Bonchev–Trinajstić information content (AvgIpc) is 2.47. The van der Waals surface area contributed by atoms with Crippen molar-refractivity contribution in [3.8, 4) is 0 Å². The molecule has 0 aliphatic carbocycles. The zero-order valence-corrected chi connectivity index (χ0v) is 13.2. The number of hydrogen-bond acceptors (Lipinski definition) is 3. The number of hydrogen-bond donors (Lipinski definition) is 2. The maximum atomic E-state index is 14.0. The highest BCUT2D eigenvalue weighted by atomic mass is 32.1. The van der Waals surface area contributed by atoms with Crippen LogP contribution in [0.1, 0.15) is 22.4 Å². The molecule has 0 saturated carbocycles. The van der Waals surface area contributed by atoms with Crippen molar-refractivity contribution in [3.63, 3.8) is 0 Å². The van der Waals surface area contributed by atoms with E-state index in [1.165, 1.54) is 0 Å². The molecule has 1 aromatic carbocycles. The van der Waals surface area contributed by atoms with Gasteiger partial charge in [0, 0.05) is 36.5 Å². The minimum absolute atomic E-state index is 0.150. The van der Waals surface area contributed by atoms with Crippen molar-refractivity contribution < 1.29 is 17.6 Å². The van der Waals surface area contributed by atoms with E-state index >= 15 is 0 Å². The highest BCUT2D eigenvalue weighted by Crippen LogP contribution is 2.30. The highest BCUT2D eigenvalue weighted by Gasteiger charge is 2.31. The number of aromatic amines is 2. The predicted octanol–water partition coefficient (Wildman–Crippen LogP) is 3.15. The van der Waals surface area contributed by atoms with Gasteiger partial charge in [0.15, 0.2) is 4.77 Å². The molecule has 1 aromatic heterocycles. The lowest BCUT2D eigenvalue weighted by Crippen LogP contribution is -2.35. The van der Waals surface area contributed by atoms with Crippen LogP contribution >= 0.6 is 12.2 Å².